The van der Waals surface area contributed by atoms with Crippen molar-refractivity contribution in [3.8, 4) is 0 Å². The van der Waals surface area contributed by atoms with Crippen molar-refractivity contribution < 1.29 is 19.1 Å². The molecule has 3 N–H and O–H groups in total. The highest BCUT2D eigenvalue weighted by molar-refractivity contribution is 6.34. The van der Waals surface area contributed by atoms with Crippen molar-refractivity contribution in [1.29, 1.82) is 0 Å². The van der Waals surface area contributed by atoms with E-state index in [1.165, 1.54) is 19.2 Å². The van der Waals surface area contributed by atoms with E-state index in [2.05, 4.69) is 16.0 Å². The smallest absolute Gasteiger partial charge is 0.328 e. The Morgan fingerprint density at radius 3 is 2.42 bits per heavy atom. The first-order valence-electron chi connectivity index (χ1n) is 10.8. The molecule has 0 unspecified atom stereocenters. The highest BCUT2D eigenvalue weighted by atomic mass is 35.5. The third kappa shape index (κ3) is 6.39. The van der Waals surface area contributed by atoms with Gasteiger partial charge < -0.3 is 20.7 Å². The van der Waals surface area contributed by atoms with E-state index in [4.69, 9.17) is 27.9 Å². The first-order valence-corrected chi connectivity index (χ1v) is 11.6. The molecule has 0 aromatic heterocycles. The Morgan fingerprint density at radius 2 is 1.76 bits per heavy atom. The van der Waals surface area contributed by atoms with Gasteiger partial charge in [-0.25, -0.2) is 9.59 Å². The van der Waals surface area contributed by atoms with E-state index < -0.39 is 23.9 Å². The quantitative estimate of drug-likeness (QED) is 0.445. The number of hydrogen-bond acceptors (Lipinski definition) is 4. The molecule has 3 rings (SSSR count). The number of urea groups is 1. The molecule has 0 bridgehead atoms. The number of carbonyl (C=O) groups excluding carboxylic acids is 3. The van der Waals surface area contributed by atoms with Crippen LogP contribution in [0.5, 0.6) is 0 Å². The number of carbonyl (C=O) groups is 3. The van der Waals surface area contributed by atoms with Crippen LogP contribution >= 0.6 is 23.2 Å². The molecule has 0 spiro atoms. The maximum Gasteiger partial charge on any atom is 0.328 e. The highest BCUT2D eigenvalue weighted by Crippen LogP contribution is 2.29. The molecule has 1 saturated carbocycles. The number of rotatable bonds is 6. The van der Waals surface area contributed by atoms with Crippen LogP contribution in [-0.4, -0.2) is 31.1 Å². The Hall–Kier alpha value is -2.77. The van der Waals surface area contributed by atoms with Crippen LogP contribution < -0.4 is 16.0 Å². The average Bonchev–Trinajstić information content (AvgIpc) is 2.80. The normalized spacial score (nSPS) is 14.8. The lowest BCUT2D eigenvalue weighted by molar-refractivity contribution is -0.144. The summed E-state index contributed by atoms with van der Waals surface area (Å²) >= 11 is 12.3. The van der Waals surface area contributed by atoms with Crippen LogP contribution in [-0.2, 0) is 9.53 Å². The minimum atomic E-state index is -0.758. The summed E-state index contributed by atoms with van der Waals surface area (Å²) in [6.45, 7) is 1.82. The zero-order valence-electron chi connectivity index (χ0n) is 18.5. The van der Waals surface area contributed by atoms with Gasteiger partial charge in [0.1, 0.15) is 6.04 Å². The second-order valence-electron chi connectivity index (χ2n) is 8.07. The molecule has 1 aliphatic rings. The van der Waals surface area contributed by atoms with E-state index in [1.807, 2.05) is 13.0 Å². The number of para-hydroxylation sites is 1. The van der Waals surface area contributed by atoms with Crippen molar-refractivity contribution in [1.82, 2.24) is 5.32 Å². The fourth-order valence-electron chi connectivity index (χ4n) is 4.06. The molecular weight excluding hydrogens is 465 g/mol. The van der Waals surface area contributed by atoms with Crippen molar-refractivity contribution in [2.24, 2.45) is 5.92 Å². The number of nitrogens with one attached hydrogen (secondary N) is 3. The summed E-state index contributed by atoms with van der Waals surface area (Å²) in [6.07, 6.45) is 4.80. The number of benzene rings is 2. The highest BCUT2D eigenvalue weighted by Gasteiger charge is 2.32. The lowest BCUT2D eigenvalue weighted by Gasteiger charge is -2.29. The molecule has 0 saturated heterocycles. The van der Waals surface area contributed by atoms with E-state index >= 15 is 0 Å². The summed E-state index contributed by atoms with van der Waals surface area (Å²) in [6, 6.07) is 8.45. The van der Waals surface area contributed by atoms with Gasteiger partial charge in [0.2, 0.25) is 0 Å². The lowest BCUT2D eigenvalue weighted by atomic mass is 9.83. The molecule has 1 atom stereocenters. The summed E-state index contributed by atoms with van der Waals surface area (Å²) in [5, 5.41) is 8.90. The van der Waals surface area contributed by atoms with Crippen LogP contribution in [0.1, 0.15) is 48.0 Å². The van der Waals surface area contributed by atoms with Gasteiger partial charge in [0, 0.05) is 5.02 Å². The third-order valence-corrected chi connectivity index (χ3v) is 6.35. The van der Waals surface area contributed by atoms with Crippen molar-refractivity contribution in [2.75, 3.05) is 17.7 Å². The molecule has 2 aromatic carbocycles. The number of methoxy groups -OCH3 is 1. The molecule has 0 heterocycles. The van der Waals surface area contributed by atoms with Gasteiger partial charge in [-0.2, -0.15) is 0 Å². The minimum Gasteiger partial charge on any atom is -0.467 e. The molecule has 0 radical (unpaired) electrons. The molecule has 9 heteroatoms. The van der Waals surface area contributed by atoms with Crippen LogP contribution in [0.3, 0.4) is 0 Å². The summed E-state index contributed by atoms with van der Waals surface area (Å²) in [4.78, 5) is 38.2. The molecule has 2 aromatic rings. The number of ether oxygens (including phenoxy) is 1. The van der Waals surface area contributed by atoms with E-state index in [9.17, 15) is 14.4 Å². The maximum absolute atomic E-state index is 13.1. The SMILES string of the molecule is COC(=O)[C@@H](NC(=O)c1ccc(Cl)cc1NC(=O)Nc1c(C)cccc1Cl)C1CCCCC1. The number of anilines is 2. The second-order valence-corrected chi connectivity index (χ2v) is 8.92. The number of aryl methyl sites for hydroxylation is 1. The number of amides is 3. The fourth-order valence-corrected chi connectivity index (χ4v) is 4.50. The number of esters is 1. The maximum atomic E-state index is 13.1. The number of halogens is 2. The summed E-state index contributed by atoms with van der Waals surface area (Å²) in [5.74, 6) is -0.979. The van der Waals surface area contributed by atoms with Gasteiger partial charge in [0.25, 0.3) is 5.91 Å². The second kappa shape index (κ2) is 11.4. The molecule has 0 aliphatic heterocycles. The Morgan fingerprint density at radius 1 is 1.03 bits per heavy atom. The van der Waals surface area contributed by atoms with Crippen molar-refractivity contribution in [2.45, 2.75) is 45.1 Å². The van der Waals surface area contributed by atoms with E-state index in [1.54, 1.807) is 18.2 Å². The average molecular weight is 492 g/mol. The largest absolute Gasteiger partial charge is 0.467 e. The molecular formula is C24H27Cl2N3O4. The van der Waals surface area contributed by atoms with Crippen LogP contribution in [0.4, 0.5) is 16.2 Å². The zero-order chi connectivity index (χ0) is 24.0. The predicted octanol–water partition coefficient (Wildman–Crippen LogP) is 5.80. The first kappa shape index (κ1) is 24.9. The van der Waals surface area contributed by atoms with Gasteiger partial charge in [-0.15, -0.1) is 0 Å². The monoisotopic (exact) mass is 491 g/mol. The van der Waals surface area contributed by atoms with Crippen LogP contribution in [0.15, 0.2) is 36.4 Å². The van der Waals surface area contributed by atoms with Gasteiger partial charge >= 0.3 is 12.0 Å². The summed E-state index contributed by atoms with van der Waals surface area (Å²) in [5.41, 5.74) is 1.63. The van der Waals surface area contributed by atoms with Gasteiger partial charge in [-0.05, 0) is 55.5 Å². The van der Waals surface area contributed by atoms with Crippen LogP contribution in [0.25, 0.3) is 0 Å². The lowest BCUT2D eigenvalue weighted by Crippen LogP contribution is -2.47. The molecule has 1 aliphatic carbocycles. The molecule has 33 heavy (non-hydrogen) atoms. The molecule has 3 amide bonds. The van der Waals surface area contributed by atoms with Crippen molar-refractivity contribution in [3.63, 3.8) is 0 Å². The van der Waals surface area contributed by atoms with Crippen molar-refractivity contribution in [3.05, 3.63) is 57.6 Å². The van der Waals surface area contributed by atoms with Crippen LogP contribution in [0, 0.1) is 12.8 Å². The zero-order valence-corrected chi connectivity index (χ0v) is 20.1. The third-order valence-electron chi connectivity index (χ3n) is 5.80. The predicted molar refractivity (Wildman–Crippen MR) is 130 cm³/mol. The topological polar surface area (TPSA) is 96.5 Å². The minimum absolute atomic E-state index is 0.00496. The van der Waals surface area contributed by atoms with E-state index in [-0.39, 0.29) is 17.2 Å². The Bertz CT molecular complexity index is 1020. The van der Waals surface area contributed by atoms with Gasteiger partial charge in [-0.3, -0.25) is 4.79 Å². The van der Waals surface area contributed by atoms with Crippen molar-refractivity contribution >= 4 is 52.5 Å². The van der Waals surface area contributed by atoms with E-state index in [0.29, 0.717) is 15.7 Å². The summed E-state index contributed by atoms with van der Waals surface area (Å²) < 4.78 is 4.94. The molecule has 1 fully saturated rings. The van der Waals surface area contributed by atoms with E-state index in [0.717, 1.165) is 37.7 Å². The standard InChI is InChI=1S/C24H27Cl2N3O4/c1-14-7-6-10-18(26)20(14)29-24(32)27-19-13-16(25)11-12-17(19)22(30)28-21(23(31)33-2)15-8-4-3-5-9-15/h6-7,10-13,15,21H,3-5,8-9H2,1-2H3,(H,28,30)(H2,27,29,32)/t21-/m0/s1. The first-order chi connectivity index (χ1) is 15.8. The fraction of sp³-hybridized carbons (Fsp3) is 0.375. The summed E-state index contributed by atoms with van der Waals surface area (Å²) in [7, 11) is 1.31. The Balaban J connectivity index is 1.79. The van der Waals surface area contributed by atoms with Gasteiger partial charge in [0.15, 0.2) is 0 Å². The Labute approximate surface area is 203 Å². The van der Waals surface area contributed by atoms with Crippen LogP contribution in [0.2, 0.25) is 10.0 Å². The van der Waals surface area contributed by atoms with Gasteiger partial charge in [0.05, 0.1) is 29.1 Å². The molecule has 7 nitrogen and oxygen atoms in total. The molecule has 176 valence electrons. The number of hydrogen-bond donors (Lipinski definition) is 3. The van der Waals surface area contributed by atoms with Gasteiger partial charge in [-0.1, -0.05) is 54.6 Å². The Kier molecular flexibility index (Phi) is 8.58.